The SMILES string of the molecule is Cn1ncc2c(=O)n(Cc3cc4n(n3)CCC4)nnc21. The van der Waals surface area contributed by atoms with Gasteiger partial charge in [-0.15, -0.1) is 5.10 Å². The molecule has 20 heavy (non-hydrogen) atoms. The molecule has 0 amide bonds. The second-order valence-electron chi connectivity index (χ2n) is 5.01. The van der Waals surface area contributed by atoms with Crippen molar-refractivity contribution in [1.29, 1.82) is 0 Å². The molecule has 0 atom stereocenters. The van der Waals surface area contributed by atoms with Crippen LogP contribution in [0, 0.1) is 0 Å². The van der Waals surface area contributed by atoms with Crippen LogP contribution in [0.3, 0.4) is 0 Å². The smallest absolute Gasteiger partial charge is 0.269 e. The van der Waals surface area contributed by atoms with Gasteiger partial charge in [0.15, 0.2) is 5.65 Å². The Morgan fingerprint density at radius 2 is 2.30 bits per heavy atom. The quantitative estimate of drug-likeness (QED) is 0.640. The Morgan fingerprint density at radius 1 is 1.40 bits per heavy atom. The zero-order valence-corrected chi connectivity index (χ0v) is 11.0. The first-order valence-corrected chi connectivity index (χ1v) is 6.53. The van der Waals surface area contributed by atoms with Crippen LogP contribution in [-0.4, -0.2) is 34.6 Å². The molecule has 0 saturated carbocycles. The van der Waals surface area contributed by atoms with Crippen LogP contribution in [0.5, 0.6) is 0 Å². The Hall–Kier alpha value is -2.51. The van der Waals surface area contributed by atoms with Gasteiger partial charge in [-0.2, -0.15) is 10.2 Å². The zero-order chi connectivity index (χ0) is 13.7. The van der Waals surface area contributed by atoms with Crippen molar-refractivity contribution >= 4 is 11.0 Å². The highest BCUT2D eigenvalue weighted by Crippen LogP contribution is 2.15. The third-order valence-electron chi connectivity index (χ3n) is 3.65. The minimum atomic E-state index is -0.184. The number of fused-ring (bicyclic) bond motifs is 2. The number of hydrogen-bond acceptors (Lipinski definition) is 5. The summed E-state index contributed by atoms with van der Waals surface area (Å²) in [6.45, 7) is 1.30. The average molecular weight is 271 g/mol. The van der Waals surface area contributed by atoms with Crippen LogP contribution in [0.2, 0.25) is 0 Å². The molecule has 0 bridgehead atoms. The maximum atomic E-state index is 12.3. The molecule has 3 aromatic rings. The first kappa shape index (κ1) is 11.3. The van der Waals surface area contributed by atoms with Crippen LogP contribution in [0.1, 0.15) is 17.8 Å². The summed E-state index contributed by atoms with van der Waals surface area (Å²) in [6, 6.07) is 2.04. The third kappa shape index (κ3) is 1.57. The Balaban J connectivity index is 1.74. The van der Waals surface area contributed by atoms with Gasteiger partial charge < -0.3 is 0 Å². The predicted octanol–water partition coefficient (Wildman–Crippen LogP) is -0.284. The maximum Gasteiger partial charge on any atom is 0.281 e. The molecular formula is C12H13N7O. The minimum Gasteiger partial charge on any atom is -0.269 e. The van der Waals surface area contributed by atoms with Gasteiger partial charge in [0.2, 0.25) is 0 Å². The van der Waals surface area contributed by atoms with Crippen molar-refractivity contribution in [2.24, 2.45) is 7.05 Å². The van der Waals surface area contributed by atoms with E-state index in [2.05, 4.69) is 20.5 Å². The van der Waals surface area contributed by atoms with Gasteiger partial charge in [-0.1, -0.05) is 5.21 Å². The van der Waals surface area contributed by atoms with Crippen molar-refractivity contribution in [2.45, 2.75) is 25.9 Å². The number of nitrogens with zero attached hydrogens (tertiary/aromatic N) is 7. The lowest BCUT2D eigenvalue weighted by Crippen LogP contribution is -2.25. The Kier molecular flexibility index (Phi) is 2.26. The first-order chi connectivity index (χ1) is 9.72. The van der Waals surface area contributed by atoms with Crippen LogP contribution in [0.4, 0.5) is 0 Å². The number of aromatic nitrogens is 7. The number of hydrogen-bond donors (Lipinski definition) is 0. The first-order valence-electron chi connectivity index (χ1n) is 6.53. The van der Waals surface area contributed by atoms with Crippen molar-refractivity contribution in [1.82, 2.24) is 34.6 Å². The summed E-state index contributed by atoms with van der Waals surface area (Å²) < 4.78 is 4.87. The summed E-state index contributed by atoms with van der Waals surface area (Å²) in [7, 11) is 1.74. The van der Waals surface area contributed by atoms with Gasteiger partial charge in [0.05, 0.1) is 18.4 Å². The molecule has 1 aliphatic heterocycles. The van der Waals surface area contributed by atoms with E-state index < -0.39 is 0 Å². The van der Waals surface area contributed by atoms with Gasteiger partial charge >= 0.3 is 0 Å². The van der Waals surface area contributed by atoms with Crippen LogP contribution >= 0.6 is 0 Å². The molecule has 4 rings (SSSR count). The second kappa shape index (κ2) is 3.99. The fourth-order valence-electron chi connectivity index (χ4n) is 2.63. The molecule has 8 nitrogen and oxygen atoms in total. The fraction of sp³-hybridized carbons (Fsp3) is 0.417. The van der Waals surface area contributed by atoms with Crippen LogP contribution < -0.4 is 5.56 Å². The molecule has 8 heteroatoms. The lowest BCUT2D eigenvalue weighted by atomic mass is 10.3. The van der Waals surface area contributed by atoms with Crippen molar-refractivity contribution in [3.05, 3.63) is 34.0 Å². The fourth-order valence-corrected chi connectivity index (χ4v) is 2.63. The highest BCUT2D eigenvalue weighted by molar-refractivity contribution is 5.72. The average Bonchev–Trinajstić information content (AvgIpc) is 3.08. The van der Waals surface area contributed by atoms with Gasteiger partial charge in [0.1, 0.15) is 5.39 Å². The predicted molar refractivity (Wildman–Crippen MR) is 70.2 cm³/mol. The van der Waals surface area contributed by atoms with E-state index in [9.17, 15) is 4.79 Å². The molecule has 0 unspecified atom stereocenters. The molecule has 1 aliphatic rings. The lowest BCUT2D eigenvalue weighted by molar-refractivity contribution is 0.569. The van der Waals surface area contributed by atoms with E-state index >= 15 is 0 Å². The molecule has 0 fully saturated rings. The topological polar surface area (TPSA) is 83.4 Å². The number of rotatable bonds is 2. The molecule has 102 valence electrons. The molecule has 0 radical (unpaired) electrons. The monoisotopic (exact) mass is 271 g/mol. The van der Waals surface area contributed by atoms with E-state index in [0.717, 1.165) is 25.1 Å². The Labute approximate surface area is 113 Å². The minimum absolute atomic E-state index is 0.184. The summed E-state index contributed by atoms with van der Waals surface area (Å²) >= 11 is 0. The summed E-state index contributed by atoms with van der Waals surface area (Å²) in [5.74, 6) is 0. The lowest BCUT2D eigenvalue weighted by Gasteiger charge is -2.01. The van der Waals surface area contributed by atoms with Gasteiger partial charge in [-0.05, 0) is 18.9 Å². The normalized spacial score (nSPS) is 14.1. The summed E-state index contributed by atoms with van der Waals surface area (Å²) in [4.78, 5) is 12.3. The van der Waals surface area contributed by atoms with Crippen LogP contribution in [-0.2, 0) is 26.6 Å². The zero-order valence-electron chi connectivity index (χ0n) is 11.0. The Morgan fingerprint density at radius 3 is 3.15 bits per heavy atom. The second-order valence-corrected chi connectivity index (χ2v) is 5.01. The van der Waals surface area contributed by atoms with E-state index in [-0.39, 0.29) is 5.56 Å². The largest absolute Gasteiger partial charge is 0.281 e. The number of aryl methyl sites for hydroxylation is 3. The summed E-state index contributed by atoms with van der Waals surface area (Å²) in [5, 5.41) is 17.0. The molecule has 0 aliphatic carbocycles. The van der Waals surface area contributed by atoms with Crippen molar-refractivity contribution in [2.75, 3.05) is 0 Å². The van der Waals surface area contributed by atoms with Gasteiger partial charge in [-0.25, -0.2) is 9.36 Å². The van der Waals surface area contributed by atoms with Gasteiger partial charge in [0, 0.05) is 19.3 Å². The molecule has 3 aromatic heterocycles. The molecule has 0 aromatic carbocycles. The standard InChI is InChI=1S/C12H13N7O/c1-17-11-10(6-13-17)12(20)19(16-14-11)7-8-5-9-3-2-4-18(9)15-8/h5-6H,2-4,7H2,1H3. The van der Waals surface area contributed by atoms with E-state index in [1.54, 1.807) is 11.7 Å². The molecule has 0 N–H and O–H groups in total. The van der Waals surface area contributed by atoms with Crippen LogP contribution in [0.25, 0.3) is 11.0 Å². The molecule has 0 spiro atoms. The molecular weight excluding hydrogens is 258 g/mol. The van der Waals surface area contributed by atoms with E-state index in [0.29, 0.717) is 17.6 Å². The van der Waals surface area contributed by atoms with E-state index in [4.69, 9.17) is 0 Å². The highest BCUT2D eigenvalue weighted by atomic mass is 16.1. The van der Waals surface area contributed by atoms with E-state index in [1.807, 2.05) is 10.7 Å². The van der Waals surface area contributed by atoms with Gasteiger partial charge in [0.25, 0.3) is 5.56 Å². The summed E-state index contributed by atoms with van der Waals surface area (Å²) in [5.41, 5.74) is 2.39. The third-order valence-corrected chi connectivity index (χ3v) is 3.65. The van der Waals surface area contributed by atoms with Crippen LogP contribution in [0.15, 0.2) is 17.1 Å². The Bertz CT molecular complexity index is 835. The summed E-state index contributed by atoms with van der Waals surface area (Å²) in [6.07, 6.45) is 3.72. The van der Waals surface area contributed by atoms with Crippen molar-refractivity contribution in [3.63, 3.8) is 0 Å². The molecule has 0 saturated heterocycles. The maximum absolute atomic E-state index is 12.3. The highest BCUT2D eigenvalue weighted by Gasteiger charge is 2.15. The van der Waals surface area contributed by atoms with E-state index in [1.165, 1.54) is 16.6 Å². The van der Waals surface area contributed by atoms with Crippen molar-refractivity contribution in [3.8, 4) is 0 Å². The van der Waals surface area contributed by atoms with Gasteiger partial charge in [-0.3, -0.25) is 9.48 Å². The molecule has 4 heterocycles. The van der Waals surface area contributed by atoms with Crippen molar-refractivity contribution < 1.29 is 0 Å².